The minimum Gasteiger partial charge on any atom is -0.496 e. The van der Waals surface area contributed by atoms with Crippen LogP contribution in [0.4, 0.5) is 4.39 Å². The molecule has 0 N–H and O–H groups in total. The largest absolute Gasteiger partial charge is 0.496 e. The van der Waals surface area contributed by atoms with Crippen molar-refractivity contribution in [2.24, 2.45) is 0 Å². The highest BCUT2D eigenvalue weighted by Crippen LogP contribution is 2.20. The first kappa shape index (κ1) is 13.3. The fourth-order valence-electron chi connectivity index (χ4n) is 1.57. The maximum Gasteiger partial charge on any atom is 0.123 e. The molecule has 1 aromatic rings. The number of ether oxygens (including phenoxy) is 1. The molecule has 0 spiro atoms. The standard InChI is InChI=1S/C12H17ClFNO/c1-15(7-3-6-13)9-10-8-11(14)4-5-12(10)16-2/h4-5,8H,3,6-7,9H2,1-2H3. The van der Waals surface area contributed by atoms with E-state index < -0.39 is 0 Å². The zero-order valence-corrected chi connectivity index (χ0v) is 10.4. The van der Waals surface area contributed by atoms with Gasteiger partial charge in [0.15, 0.2) is 0 Å². The third-order valence-electron chi connectivity index (χ3n) is 2.36. The van der Waals surface area contributed by atoms with Crippen molar-refractivity contribution in [2.75, 3.05) is 26.6 Å². The van der Waals surface area contributed by atoms with Crippen LogP contribution in [0.1, 0.15) is 12.0 Å². The number of nitrogens with zero attached hydrogens (tertiary/aromatic N) is 1. The third-order valence-corrected chi connectivity index (χ3v) is 2.62. The summed E-state index contributed by atoms with van der Waals surface area (Å²) < 4.78 is 18.3. The van der Waals surface area contributed by atoms with Crippen LogP contribution in [0.5, 0.6) is 5.75 Å². The molecule has 1 aromatic carbocycles. The van der Waals surface area contributed by atoms with Gasteiger partial charge in [-0.15, -0.1) is 11.6 Å². The molecule has 0 aliphatic heterocycles. The Bertz CT molecular complexity index is 333. The van der Waals surface area contributed by atoms with E-state index in [-0.39, 0.29) is 5.82 Å². The van der Waals surface area contributed by atoms with Gasteiger partial charge in [0.05, 0.1) is 7.11 Å². The molecule has 0 aliphatic carbocycles. The van der Waals surface area contributed by atoms with Crippen molar-refractivity contribution in [3.8, 4) is 5.75 Å². The number of benzene rings is 1. The fourth-order valence-corrected chi connectivity index (χ4v) is 1.69. The third kappa shape index (κ3) is 3.99. The van der Waals surface area contributed by atoms with Crippen LogP contribution in [0.3, 0.4) is 0 Å². The van der Waals surface area contributed by atoms with E-state index in [1.54, 1.807) is 13.2 Å². The van der Waals surface area contributed by atoms with Crippen LogP contribution in [0, 0.1) is 5.82 Å². The number of halogens is 2. The second kappa shape index (κ2) is 6.71. The molecule has 0 saturated heterocycles. The summed E-state index contributed by atoms with van der Waals surface area (Å²) in [6.07, 6.45) is 0.926. The smallest absolute Gasteiger partial charge is 0.123 e. The Morgan fingerprint density at radius 2 is 2.19 bits per heavy atom. The molecule has 0 aromatic heterocycles. The van der Waals surface area contributed by atoms with Gasteiger partial charge in [-0.2, -0.15) is 0 Å². The van der Waals surface area contributed by atoms with Crippen LogP contribution >= 0.6 is 11.6 Å². The van der Waals surface area contributed by atoms with Crippen molar-refractivity contribution in [2.45, 2.75) is 13.0 Å². The first-order valence-electron chi connectivity index (χ1n) is 5.24. The molecule has 0 atom stereocenters. The lowest BCUT2D eigenvalue weighted by molar-refractivity contribution is 0.317. The van der Waals surface area contributed by atoms with Crippen LogP contribution in [0.15, 0.2) is 18.2 Å². The Balaban J connectivity index is 2.67. The predicted octanol–water partition coefficient (Wildman–Crippen LogP) is 2.90. The second-order valence-corrected chi connectivity index (χ2v) is 4.11. The van der Waals surface area contributed by atoms with Crippen LogP contribution < -0.4 is 4.74 Å². The lowest BCUT2D eigenvalue weighted by atomic mass is 10.2. The molecular weight excluding hydrogens is 229 g/mol. The topological polar surface area (TPSA) is 12.5 Å². The van der Waals surface area contributed by atoms with E-state index >= 15 is 0 Å². The first-order valence-corrected chi connectivity index (χ1v) is 5.77. The van der Waals surface area contributed by atoms with Crippen LogP contribution in [-0.4, -0.2) is 31.5 Å². The number of alkyl halides is 1. The molecule has 1 rings (SSSR count). The number of hydrogen-bond donors (Lipinski definition) is 0. The summed E-state index contributed by atoms with van der Waals surface area (Å²) in [5.41, 5.74) is 0.861. The van der Waals surface area contributed by atoms with Crippen molar-refractivity contribution < 1.29 is 9.13 Å². The molecule has 90 valence electrons. The van der Waals surface area contributed by atoms with Crippen molar-refractivity contribution in [3.05, 3.63) is 29.6 Å². The van der Waals surface area contributed by atoms with Crippen LogP contribution in [0.25, 0.3) is 0 Å². The summed E-state index contributed by atoms with van der Waals surface area (Å²) in [6, 6.07) is 4.57. The SMILES string of the molecule is COc1ccc(F)cc1CN(C)CCCCl. The van der Waals surface area contributed by atoms with E-state index in [0.29, 0.717) is 12.4 Å². The number of rotatable bonds is 6. The molecule has 2 nitrogen and oxygen atoms in total. The van der Waals surface area contributed by atoms with Gasteiger partial charge in [0.25, 0.3) is 0 Å². The average molecular weight is 246 g/mol. The lowest BCUT2D eigenvalue weighted by Crippen LogP contribution is -2.19. The molecule has 4 heteroatoms. The molecule has 0 saturated carbocycles. The summed E-state index contributed by atoms with van der Waals surface area (Å²) >= 11 is 5.62. The van der Waals surface area contributed by atoms with Crippen molar-refractivity contribution in [1.82, 2.24) is 4.90 Å². The molecular formula is C12H17ClFNO. The van der Waals surface area contributed by atoms with Gasteiger partial charge < -0.3 is 9.64 Å². The molecule has 0 fully saturated rings. The molecule has 0 aliphatic rings. The maximum absolute atomic E-state index is 13.1. The van der Waals surface area contributed by atoms with E-state index in [1.807, 2.05) is 7.05 Å². The van der Waals surface area contributed by atoms with Gasteiger partial charge in [0, 0.05) is 18.0 Å². The second-order valence-electron chi connectivity index (χ2n) is 3.74. The molecule has 16 heavy (non-hydrogen) atoms. The van der Waals surface area contributed by atoms with Gasteiger partial charge >= 0.3 is 0 Å². The first-order chi connectivity index (χ1) is 7.67. The Morgan fingerprint density at radius 1 is 1.44 bits per heavy atom. The predicted molar refractivity (Wildman–Crippen MR) is 64.6 cm³/mol. The summed E-state index contributed by atoms with van der Waals surface area (Å²) in [5.74, 6) is 1.13. The summed E-state index contributed by atoms with van der Waals surface area (Å²) in [7, 11) is 3.58. The highest BCUT2D eigenvalue weighted by molar-refractivity contribution is 6.17. The lowest BCUT2D eigenvalue weighted by Gasteiger charge is -2.17. The Labute approximate surface area is 101 Å². The van der Waals surface area contributed by atoms with Crippen LogP contribution in [0.2, 0.25) is 0 Å². The Kier molecular flexibility index (Phi) is 5.56. The summed E-state index contributed by atoms with van der Waals surface area (Å²) in [6.45, 7) is 1.56. The van der Waals surface area contributed by atoms with E-state index in [2.05, 4.69) is 4.90 Å². The molecule has 0 amide bonds. The fraction of sp³-hybridized carbons (Fsp3) is 0.500. The average Bonchev–Trinajstić information content (AvgIpc) is 2.27. The highest BCUT2D eigenvalue weighted by atomic mass is 35.5. The zero-order valence-electron chi connectivity index (χ0n) is 9.67. The summed E-state index contributed by atoms with van der Waals surface area (Å²) in [4.78, 5) is 2.10. The van der Waals surface area contributed by atoms with E-state index in [9.17, 15) is 4.39 Å². The van der Waals surface area contributed by atoms with E-state index in [0.717, 1.165) is 24.3 Å². The minimum atomic E-state index is -0.235. The highest BCUT2D eigenvalue weighted by Gasteiger charge is 2.07. The van der Waals surface area contributed by atoms with Crippen LogP contribution in [-0.2, 0) is 6.54 Å². The van der Waals surface area contributed by atoms with Gasteiger partial charge in [0.1, 0.15) is 11.6 Å². The van der Waals surface area contributed by atoms with Gasteiger partial charge in [-0.1, -0.05) is 0 Å². The maximum atomic E-state index is 13.1. The van der Waals surface area contributed by atoms with Gasteiger partial charge in [-0.3, -0.25) is 0 Å². The molecule has 0 radical (unpaired) electrons. The molecule has 0 unspecified atom stereocenters. The monoisotopic (exact) mass is 245 g/mol. The molecule has 0 bridgehead atoms. The zero-order chi connectivity index (χ0) is 12.0. The number of hydrogen-bond acceptors (Lipinski definition) is 2. The normalized spacial score (nSPS) is 10.8. The van der Waals surface area contributed by atoms with Crippen molar-refractivity contribution in [1.29, 1.82) is 0 Å². The van der Waals surface area contributed by atoms with Gasteiger partial charge in [0.2, 0.25) is 0 Å². The van der Waals surface area contributed by atoms with Gasteiger partial charge in [-0.05, 0) is 38.2 Å². The quantitative estimate of drug-likeness (QED) is 0.715. The number of methoxy groups -OCH3 is 1. The Morgan fingerprint density at radius 3 is 2.81 bits per heavy atom. The van der Waals surface area contributed by atoms with E-state index in [4.69, 9.17) is 16.3 Å². The van der Waals surface area contributed by atoms with Crippen molar-refractivity contribution in [3.63, 3.8) is 0 Å². The Hall–Kier alpha value is -0.800. The summed E-state index contributed by atoms with van der Waals surface area (Å²) in [5, 5.41) is 0. The van der Waals surface area contributed by atoms with Gasteiger partial charge in [-0.25, -0.2) is 4.39 Å². The van der Waals surface area contributed by atoms with Crippen molar-refractivity contribution >= 4 is 11.6 Å². The van der Waals surface area contributed by atoms with E-state index in [1.165, 1.54) is 12.1 Å². The minimum absolute atomic E-state index is 0.235. The molecule has 0 heterocycles.